The molecule has 128 valence electrons. The monoisotopic (exact) mass is 332 g/mol. The van der Waals surface area contributed by atoms with E-state index in [0.717, 1.165) is 30.3 Å². The van der Waals surface area contributed by atoms with Gasteiger partial charge in [-0.25, -0.2) is 9.78 Å². The first-order valence-electron chi connectivity index (χ1n) is 7.95. The van der Waals surface area contributed by atoms with Crippen molar-refractivity contribution in [2.45, 2.75) is 39.2 Å². The number of fused-ring (bicyclic) bond motifs is 1. The number of imidazole rings is 1. The molecule has 0 N–H and O–H groups in total. The second kappa shape index (κ2) is 6.42. The van der Waals surface area contributed by atoms with Gasteiger partial charge in [-0.15, -0.1) is 0 Å². The fraction of sp³-hybridized carbons (Fsp3) is 0.533. The Morgan fingerprint density at radius 2 is 1.96 bits per heavy atom. The van der Waals surface area contributed by atoms with Crippen molar-refractivity contribution in [3.05, 3.63) is 38.9 Å². The Kier molecular flexibility index (Phi) is 4.32. The van der Waals surface area contributed by atoms with E-state index in [4.69, 9.17) is 4.52 Å². The molecule has 24 heavy (non-hydrogen) atoms. The molecule has 9 nitrogen and oxygen atoms in total. The Bertz CT molecular complexity index is 977. The fourth-order valence-electron chi connectivity index (χ4n) is 2.65. The summed E-state index contributed by atoms with van der Waals surface area (Å²) in [6.45, 7) is 2.40. The third-order valence-corrected chi connectivity index (χ3v) is 4.03. The molecule has 0 saturated carbocycles. The SMILES string of the molecule is CCCCCc1nc(Cn2cnc3c2c(=O)n(C)c(=O)n3C)no1. The normalized spacial score (nSPS) is 11.5. The van der Waals surface area contributed by atoms with Gasteiger partial charge in [0, 0.05) is 20.5 Å². The molecule has 0 atom stereocenters. The third kappa shape index (κ3) is 2.77. The summed E-state index contributed by atoms with van der Waals surface area (Å²) in [6, 6.07) is 0. The summed E-state index contributed by atoms with van der Waals surface area (Å²) >= 11 is 0. The third-order valence-electron chi connectivity index (χ3n) is 4.03. The number of hydrogen-bond donors (Lipinski definition) is 0. The van der Waals surface area contributed by atoms with E-state index in [-0.39, 0.29) is 6.54 Å². The molecule has 0 saturated heterocycles. The zero-order chi connectivity index (χ0) is 17.3. The lowest BCUT2D eigenvalue weighted by Gasteiger charge is -2.04. The van der Waals surface area contributed by atoms with Gasteiger partial charge in [-0.05, 0) is 6.42 Å². The van der Waals surface area contributed by atoms with Gasteiger partial charge < -0.3 is 9.09 Å². The van der Waals surface area contributed by atoms with E-state index in [1.807, 2.05) is 0 Å². The maximum absolute atomic E-state index is 12.4. The van der Waals surface area contributed by atoms with Crippen molar-refractivity contribution in [3.8, 4) is 0 Å². The average molecular weight is 332 g/mol. The molecular formula is C15H20N6O3. The predicted molar refractivity (Wildman–Crippen MR) is 86.8 cm³/mol. The highest BCUT2D eigenvalue weighted by atomic mass is 16.5. The largest absolute Gasteiger partial charge is 0.339 e. The minimum absolute atomic E-state index is 0.265. The van der Waals surface area contributed by atoms with Gasteiger partial charge in [0.2, 0.25) is 5.89 Å². The number of unbranched alkanes of at least 4 members (excludes halogenated alkanes) is 2. The zero-order valence-electron chi connectivity index (χ0n) is 14.0. The minimum atomic E-state index is -0.407. The lowest BCUT2D eigenvalue weighted by molar-refractivity contribution is 0.368. The molecule has 9 heteroatoms. The van der Waals surface area contributed by atoms with Crippen LogP contribution in [0.5, 0.6) is 0 Å². The van der Waals surface area contributed by atoms with Crippen LogP contribution in [0.15, 0.2) is 20.4 Å². The quantitative estimate of drug-likeness (QED) is 0.613. The van der Waals surface area contributed by atoms with Gasteiger partial charge in [-0.1, -0.05) is 24.9 Å². The Balaban J connectivity index is 1.91. The fourth-order valence-corrected chi connectivity index (χ4v) is 2.65. The number of aromatic nitrogens is 6. The Morgan fingerprint density at radius 3 is 2.71 bits per heavy atom. The maximum atomic E-state index is 12.4. The van der Waals surface area contributed by atoms with Crippen LogP contribution in [0.2, 0.25) is 0 Å². The highest BCUT2D eigenvalue weighted by molar-refractivity contribution is 5.70. The molecular weight excluding hydrogens is 312 g/mol. The topological polar surface area (TPSA) is 101 Å². The van der Waals surface area contributed by atoms with Gasteiger partial charge in [0.15, 0.2) is 17.0 Å². The summed E-state index contributed by atoms with van der Waals surface area (Å²) in [5, 5.41) is 3.96. The lowest BCUT2D eigenvalue weighted by Crippen LogP contribution is -2.37. The van der Waals surface area contributed by atoms with Gasteiger partial charge >= 0.3 is 5.69 Å². The molecule has 0 radical (unpaired) electrons. The molecule has 3 aromatic heterocycles. The van der Waals surface area contributed by atoms with E-state index in [1.165, 1.54) is 17.9 Å². The first-order valence-corrected chi connectivity index (χ1v) is 7.95. The minimum Gasteiger partial charge on any atom is -0.339 e. The van der Waals surface area contributed by atoms with E-state index in [1.54, 1.807) is 11.6 Å². The molecule has 0 aliphatic carbocycles. The van der Waals surface area contributed by atoms with Crippen molar-refractivity contribution in [2.75, 3.05) is 0 Å². The summed E-state index contributed by atoms with van der Waals surface area (Å²) in [4.78, 5) is 32.8. The first-order chi connectivity index (χ1) is 11.5. The highest BCUT2D eigenvalue weighted by Crippen LogP contribution is 2.09. The lowest BCUT2D eigenvalue weighted by atomic mass is 10.2. The van der Waals surface area contributed by atoms with Crippen LogP contribution in [0.4, 0.5) is 0 Å². The van der Waals surface area contributed by atoms with E-state index < -0.39 is 11.2 Å². The number of nitrogens with zero attached hydrogens (tertiary/aromatic N) is 6. The van der Waals surface area contributed by atoms with Crippen LogP contribution in [0.1, 0.15) is 37.9 Å². The molecule has 0 aliphatic heterocycles. The molecule has 0 amide bonds. The highest BCUT2D eigenvalue weighted by Gasteiger charge is 2.16. The Hall–Kier alpha value is -2.71. The van der Waals surface area contributed by atoms with E-state index in [0.29, 0.717) is 22.9 Å². The van der Waals surface area contributed by atoms with E-state index in [9.17, 15) is 9.59 Å². The standard InChI is InChI=1S/C15H20N6O3/c1-4-5-6-7-11-17-10(18-24-11)8-21-9-16-13-12(21)14(22)20(3)15(23)19(13)2/h9H,4-8H2,1-3H3. The van der Waals surface area contributed by atoms with Crippen molar-refractivity contribution in [1.82, 2.24) is 28.8 Å². The van der Waals surface area contributed by atoms with Crippen molar-refractivity contribution in [1.29, 1.82) is 0 Å². The van der Waals surface area contributed by atoms with Crippen LogP contribution in [0, 0.1) is 0 Å². The molecule has 3 rings (SSSR count). The summed E-state index contributed by atoms with van der Waals surface area (Å²) in [6.07, 6.45) is 5.52. The zero-order valence-corrected chi connectivity index (χ0v) is 14.0. The Labute approximate surface area is 137 Å². The van der Waals surface area contributed by atoms with Crippen LogP contribution >= 0.6 is 0 Å². The van der Waals surface area contributed by atoms with Gasteiger partial charge in [0.25, 0.3) is 5.56 Å². The molecule has 0 aromatic carbocycles. The van der Waals surface area contributed by atoms with Gasteiger partial charge in [0.05, 0.1) is 12.9 Å². The van der Waals surface area contributed by atoms with Crippen LogP contribution in [-0.4, -0.2) is 28.8 Å². The van der Waals surface area contributed by atoms with Crippen molar-refractivity contribution >= 4 is 11.2 Å². The molecule has 0 fully saturated rings. The van der Waals surface area contributed by atoms with Crippen molar-refractivity contribution in [3.63, 3.8) is 0 Å². The molecule has 0 unspecified atom stereocenters. The van der Waals surface area contributed by atoms with Crippen LogP contribution in [-0.2, 0) is 27.1 Å². The summed E-state index contributed by atoms with van der Waals surface area (Å²) in [5.41, 5.74) is -0.112. The molecule has 0 bridgehead atoms. The molecule has 0 aliphatic rings. The second-order valence-corrected chi connectivity index (χ2v) is 5.81. The van der Waals surface area contributed by atoms with Crippen LogP contribution in [0.25, 0.3) is 11.2 Å². The average Bonchev–Trinajstić information content (AvgIpc) is 3.19. The van der Waals surface area contributed by atoms with Gasteiger partial charge in [0.1, 0.15) is 0 Å². The summed E-state index contributed by atoms with van der Waals surface area (Å²) < 4.78 is 9.28. The molecule has 3 aromatic rings. The van der Waals surface area contributed by atoms with Crippen molar-refractivity contribution < 1.29 is 4.52 Å². The molecule has 3 heterocycles. The first kappa shape index (κ1) is 16.2. The smallest absolute Gasteiger partial charge is 0.332 e. The predicted octanol–water partition coefficient (Wildman–Crippen LogP) is 0.598. The van der Waals surface area contributed by atoms with E-state index in [2.05, 4.69) is 22.0 Å². The van der Waals surface area contributed by atoms with Gasteiger partial charge in [-0.2, -0.15) is 4.98 Å². The second-order valence-electron chi connectivity index (χ2n) is 5.81. The number of aryl methyl sites for hydroxylation is 2. The summed E-state index contributed by atoms with van der Waals surface area (Å²) in [7, 11) is 3.03. The van der Waals surface area contributed by atoms with Gasteiger partial charge in [-0.3, -0.25) is 13.9 Å². The molecule has 0 spiro atoms. The maximum Gasteiger partial charge on any atom is 0.332 e. The Morgan fingerprint density at radius 1 is 1.17 bits per heavy atom. The summed E-state index contributed by atoms with van der Waals surface area (Å²) in [5.74, 6) is 1.08. The van der Waals surface area contributed by atoms with Crippen molar-refractivity contribution in [2.24, 2.45) is 14.1 Å². The van der Waals surface area contributed by atoms with Crippen LogP contribution < -0.4 is 11.2 Å². The van der Waals surface area contributed by atoms with Crippen LogP contribution in [0.3, 0.4) is 0 Å². The number of hydrogen-bond acceptors (Lipinski definition) is 6. The van der Waals surface area contributed by atoms with E-state index >= 15 is 0 Å². The number of rotatable bonds is 6.